The van der Waals surface area contributed by atoms with E-state index in [1.807, 2.05) is 43.3 Å². The van der Waals surface area contributed by atoms with Crippen LogP contribution < -0.4 is 15.5 Å². The monoisotopic (exact) mass is 505 g/mol. The van der Waals surface area contributed by atoms with Crippen LogP contribution in [0, 0.1) is 6.92 Å². The van der Waals surface area contributed by atoms with Crippen LogP contribution in [0.25, 0.3) is 10.1 Å². The molecule has 0 spiro atoms. The summed E-state index contributed by atoms with van der Waals surface area (Å²) in [6.45, 7) is 1.60. The Hall–Kier alpha value is -4.01. The number of halogens is 1. The molecular weight excluding hydrogens is 486 g/mol. The third-order valence-corrected chi connectivity index (χ3v) is 6.65. The first kappa shape index (κ1) is 24.1. The lowest BCUT2D eigenvalue weighted by atomic mass is 10.1. The average molecular weight is 506 g/mol. The molecule has 4 rings (SSSR count). The molecule has 7 nitrogen and oxygen atoms in total. The maximum absolute atomic E-state index is 12.6. The van der Waals surface area contributed by atoms with Gasteiger partial charge in [0.15, 0.2) is 0 Å². The van der Waals surface area contributed by atoms with Gasteiger partial charge in [-0.25, -0.2) is 10.2 Å². The van der Waals surface area contributed by atoms with Gasteiger partial charge in [0.05, 0.1) is 17.8 Å². The largest absolute Gasteiger partial charge is 0.422 e. The topological polar surface area (TPSA) is 96.9 Å². The summed E-state index contributed by atoms with van der Waals surface area (Å²) in [5, 5.41) is 7.62. The van der Waals surface area contributed by atoms with Gasteiger partial charge in [-0.05, 0) is 42.3 Å². The van der Waals surface area contributed by atoms with Gasteiger partial charge in [0.25, 0.3) is 11.8 Å². The third-order valence-electron chi connectivity index (χ3n) is 4.99. The number of fused-ring (bicyclic) bond motifs is 1. The van der Waals surface area contributed by atoms with Crippen molar-refractivity contribution in [2.24, 2.45) is 5.10 Å². The van der Waals surface area contributed by atoms with Gasteiger partial charge < -0.3 is 10.1 Å². The molecule has 0 unspecified atom stereocenters. The zero-order chi connectivity index (χ0) is 24.8. The van der Waals surface area contributed by atoms with E-state index >= 15 is 0 Å². The predicted molar refractivity (Wildman–Crippen MR) is 137 cm³/mol. The number of hydrogen-bond donors (Lipinski definition) is 2. The van der Waals surface area contributed by atoms with Gasteiger partial charge in [-0.3, -0.25) is 9.59 Å². The van der Waals surface area contributed by atoms with Gasteiger partial charge in [-0.15, -0.1) is 11.3 Å². The first-order chi connectivity index (χ1) is 16.9. The van der Waals surface area contributed by atoms with Gasteiger partial charge in [0.2, 0.25) is 0 Å². The molecule has 35 heavy (non-hydrogen) atoms. The summed E-state index contributed by atoms with van der Waals surface area (Å²) in [5.41, 5.74) is 4.28. The van der Waals surface area contributed by atoms with Crippen molar-refractivity contribution in [2.75, 3.05) is 6.54 Å². The number of rotatable bonds is 7. The van der Waals surface area contributed by atoms with Gasteiger partial charge in [-0.2, -0.15) is 5.10 Å². The summed E-state index contributed by atoms with van der Waals surface area (Å²) >= 11 is 7.63. The van der Waals surface area contributed by atoms with Crippen LogP contribution >= 0.6 is 22.9 Å². The number of nitrogens with zero attached hydrogens (tertiary/aromatic N) is 1. The molecule has 4 aromatic rings. The molecule has 1 heterocycles. The standard InChI is InChI=1S/C26H20ClN3O4S/c1-16-7-2-3-10-19(16)25(32)28-15-22(31)30-29-14-17-8-6-9-18(13-17)34-26(33)24-23(27)20-11-4-5-12-21(20)35-24/h2-14H,15H2,1H3,(H,28,32)(H,30,31)/b29-14+. The molecule has 0 saturated carbocycles. The van der Waals surface area contributed by atoms with Crippen molar-refractivity contribution < 1.29 is 19.1 Å². The van der Waals surface area contributed by atoms with Crippen LogP contribution in [0.15, 0.2) is 77.9 Å². The Bertz CT molecular complexity index is 1450. The molecule has 0 radical (unpaired) electrons. The van der Waals surface area contributed by atoms with Crippen LogP contribution in [-0.2, 0) is 4.79 Å². The molecule has 0 bridgehead atoms. The summed E-state index contributed by atoms with van der Waals surface area (Å²) in [7, 11) is 0. The molecule has 0 aliphatic heterocycles. The van der Waals surface area contributed by atoms with E-state index in [0.717, 1.165) is 15.6 Å². The summed E-state index contributed by atoms with van der Waals surface area (Å²) in [6, 6.07) is 21.3. The number of thiophene rings is 1. The highest BCUT2D eigenvalue weighted by atomic mass is 35.5. The molecule has 9 heteroatoms. The smallest absolute Gasteiger partial charge is 0.355 e. The number of aryl methyl sites for hydroxylation is 1. The zero-order valence-electron chi connectivity index (χ0n) is 18.6. The first-order valence-corrected chi connectivity index (χ1v) is 11.8. The summed E-state index contributed by atoms with van der Waals surface area (Å²) in [6.07, 6.45) is 1.41. The minimum atomic E-state index is -0.553. The Labute approximate surface area is 210 Å². The molecule has 2 N–H and O–H groups in total. The van der Waals surface area contributed by atoms with Gasteiger partial charge >= 0.3 is 5.97 Å². The second-order valence-corrected chi connectivity index (χ2v) is 8.92. The zero-order valence-corrected chi connectivity index (χ0v) is 20.2. The Kier molecular flexibility index (Phi) is 7.54. The van der Waals surface area contributed by atoms with Crippen LogP contribution in [0.3, 0.4) is 0 Å². The number of hydrazone groups is 1. The van der Waals surface area contributed by atoms with Crippen molar-refractivity contribution in [3.05, 3.63) is 99.4 Å². The summed E-state index contributed by atoms with van der Waals surface area (Å²) in [5.74, 6) is -1.06. The van der Waals surface area contributed by atoms with E-state index in [9.17, 15) is 14.4 Å². The van der Waals surface area contributed by atoms with E-state index in [2.05, 4.69) is 15.8 Å². The predicted octanol–water partition coefficient (Wildman–Crippen LogP) is 4.96. The average Bonchev–Trinajstić information content (AvgIpc) is 3.20. The number of amides is 2. The lowest BCUT2D eigenvalue weighted by Gasteiger charge is -2.06. The molecule has 0 aliphatic rings. The van der Waals surface area contributed by atoms with Gasteiger partial charge in [0, 0.05) is 15.6 Å². The number of benzene rings is 3. The SMILES string of the molecule is Cc1ccccc1C(=O)NCC(=O)N/N=C/c1cccc(OC(=O)c2sc3ccccc3c2Cl)c1. The number of carbonyl (C=O) groups excluding carboxylic acids is 3. The third kappa shape index (κ3) is 5.92. The fourth-order valence-electron chi connectivity index (χ4n) is 3.26. The highest BCUT2D eigenvalue weighted by molar-refractivity contribution is 7.21. The van der Waals surface area contributed by atoms with E-state index in [0.29, 0.717) is 26.8 Å². The van der Waals surface area contributed by atoms with Crippen molar-refractivity contribution in [2.45, 2.75) is 6.92 Å². The molecule has 0 fully saturated rings. The van der Waals surface area contributed by atoms with Crippen molar-refractivity contribution in [3.63, 3.8) is 0 Å². The Morgan fingerprint density at radius 2 is 1.80 bits per heavy atom. The van der Waals surface area contributed by atoms with Crippen LogP contribution in [0.4, 0.5) is 0 Å². The highest BCUT2D eigenvalue weighted by Crippen LogP contribution is 2.35. The number of esters is 1. The van der Waals surface area contributed by atoms with Crippen molar-refractivity contribution in [3.8, 4) is 5.75 Å². The van der Waals surface area contributed by atoms with Gasteiger partial charge in [0.1, 0.15) is 10.6 Å². The van der Waals surface area contributed by atoms with Crippen molar-refractivity contribution >= 4 is 57.0 Å². The molecule has 2 amide bonds. The lowest BCUT2D eigenvalue weighted by molar-refractivity contribution is -0.120. The first-order valence-electron chi connectivity index (χ1n) is 10.6. The minimum Gasteiger partial charge on any atom is -0.422 e. The number of carbonyl (C=O) groups is 3. The molecular formula is C26H20ClN3O4S. The quantitative estimate of drug-likeness (QED) is 0.160. The molecule has 0 aliphatic carbocycles. The normalized spacial score (nSPS) is 10.9. The van der Waals surface area contributed by atoms with Crippen LogP contribution in [0.5, 0.6) is 5.75 Å². The molecule has 0 saturated heterocycles. The van der Waals surface area contributed by atoms with E-state index < -0.39 is 11.9 Å². The maximum atomic E-state index is 12.6. The number of ether oxygens (including phenoxy) is 1. The second-order valence-electron chi connectivity index (χ2n) is 7.49. The highest BCUT2D eigenvalue weighted by Gasteiger charge is 2.19. The molecule has 176 valence electrons. The Morgan fingerprint density at radius 1 is 1.03 bits per heavy atom. The van der Waals surface area contributed by atoms with E-state index in [1.165, 1.54) is 17.6 Å². The fourth-order valence-corrected chi connectivity index (χ4v) is 4.64. The van der Waals surface area contributed by atoms with Crippen LogP contribution in [0.1, 0.15) is 31.2 Å². The van der Waals surface area contributed by atoms with E-state index in [4.69, 9.17) is 16.3 Å². The van der Waals surface area contributed by atoms with Crippen molar-refractivity contribution in [1.82, 2.24) is 10.7 Å². The van der Waals surface area contributed by atoms with Crippen LogP contribution in [0.2, 0.25) is 5.02 Å². The number of hydrogen-bond acceptors (Lipinski definition) is 6. The summed E-state index contributed by atoms with van der Waals surface area (Å²) < 4.78 is 6.39. The van der Waals surface area contributed by atoms with Gasteiger partial charge in [-0.1, -0.05) is 60.1 Å². The second kappa shape index (κ2) is 10.9. The fraction of sp³-hybridized carbons (Fsp3) is 0.0769. The molecule has 0 atom stereocenters. The molecule has 3 aromatic carbocycles. The van der Waals surface area contributed by atoms with E-state index in [1.54, 1.807) is 36.4 Å². The van der Waals surface area contributed by atoms with E-state index in [-0.39, 0.29) is 12.5 Å². The maximum Gasteiger partial charge on any atom is 0.355 e. The number of nitrogens with one attached hydrogen (secondary N) is 2. The summed E-state index contributed by atoms with van der Waals surface area (Å²) in [4.78, 5) is 37.2. The van der Waals surface area contributed by atoms with Crippen LogP contribution in [-0.4, -0.2) is 30.5 Å². The molecule has 1 aromatic heterocycles. The minimum absolute atomic E-state index is 0.224. The lowest BCUT2D eigenvalue weighted by Crippen LogP contribution is -2.35. The Morgan fingerprint density at radius 3 is 2.60 bits per heavy atom. The Balaban J connectivity index is 1.32. The van der Waals surface area contributed by atoms with Crippen molar-refractivity contribution in [1.29, 1.82) is 0 Å².